The van der Waals surface area contributed by atoms with Gasteiger partial charge in [0.05, 0.1) is 18.1 Å². The minimum Gasteiger partial charge on any atom is -0.393 e. The highest BCUT2D eigenvalue weighted by Gasteiger charge is 2.25. The SMILES string of the molecule is OC1CCCC1CCn1cnc2c1CCCC2. The van der Waals surface area contributed by atoms with Crippen LogP contribution >= 0.6 is 0 Å². The van der Waals surface area contributed by atoms with Gasteiger partial charge >= 0.3 is 0 Å². The molecule has 1 heterocycles. The van der Waals surface area contributed by atoms with E-state index in [4.69, 9.17) is 0 Å². The maximum absolute atomic E-state index is 9.83. The number of aryl methyl sites for hydroxylation is 2. The Morgan fingerprint density at radius 2 is 2.12 bits per heavy atom. The first-order valence-corrected chi connectivity index (χ1v) is 7.05. The molecule has 0 spiro atoms. The predicted molar refractivity (Wildman–Crippen MR) is 66.8 cm³/mol. The number of rotatable bonds is 3. The Hall–Kier alpha value is -0.830. The summed E-state index contributed by atoms with van der Waals surface area (Å²) in [6.07, 6.45) is 11.5. The van der Waals surface area contributed by atoms with Crippen molar-refractivity contribution in [2.45, 2.75) is 64.0 Å². The molecule has 1 N–H and O–H groups in total. The second kappa shape index (κ2) is 4.81. The van der Waals surface area contributed by atoms with Crippen LogP contribution in [-0.2, 0) is 19.4 Å². The van der Waals surface area contributed by atoms with Crippen LogP contribution < -0.4 is 0 Å². The van der Waals surface area contributed by atoms with Crippen LogP contribution in [0.2, 0.25) is 0 Å². The standard InChI is InChI=1S/C14H22N2O/c17-14-7-3-4-11(14)8-9-16-10-15-12-5-1-2-6-13(12)16/h10-11,14,17H,1-9H2. The number of imidazole rings is 1. The van der Waals surface area contributed by atoms with Crippen molar-refractivity contribution in [2.75, 3.05) is 0 Å². The lowest BCUT2D eigenvalue weighted by Gasteiger charge is -2.17. The largest absolute Gasteiger partial charge is 0.393 e. The van der Waals surface area contributed by atoms with Crippen molar-refractivity contribution in [2.24, 2.45) is 5.92 Å². The molecule has 2 atom stereocenters. The van der Waals surface area contributed by atoms with Crippen LogP contribution in [0.3, 0.4) is 0 Å². The molecule has 0 bridgehead atoms. The van der Waals surface area contributed by atoms with Crippen molar-refractivity contribution in [3.63, 3.8) is 0 Å². The third-order valence-corrected chi connectivity index (χ3v) is 4.47. The Morgan fingerprint density at radius 3 is 2.94 bits per heavy atom. The van der Waals surface area contributed by atoms with Gasteiger partial charge in [-0.05, 0) is 50.9 Å². The molecule has 1 saturated carbocycles. The van der Waals surface area contributed by atoms with Gasteiger partial charge in [-0.3, -0.25) is 0 Å². The maximum Gasteiger partial charge on any atom is 0.0951 e. The molecule has 1 fully saturated rings. The Morgan fingerprint density at radius 1 is 1.24 bits per heavy atom. The second-order valence-corrected chi connectivity index (χ2v) is 5.59. The number of nitrogens with zero attached hydrogens (tertiary/aromatic N) is 2. The van der Waals surface area contributed by atoms with E-state index in [1.165, 1.54) is 43.5 Å². The number of aliphatic hydroxyl groups excluding tert-OH is 1. The molecule has 2 aliphatic rings. The molecule has 0 radical (unpaired) electrons. The van der Waals surface area contributed by atoms with E-state index in [9.17, 15) is 5.11 Å². The van der Waals surface area contributed by atoms with E-state index in [-0.39, 0.29) is 6.10 Å². The molecule has 3 nitrogen and oxygen atoms in total. The fraction of sp³-hybridized carbons (Fsp3) is 0.786. The monoisotopic (exact) mass is 234 g/mol. The number of fused-ring (bicyclic) bond motifs is 1. The zero-order valence-electron chi connectivity index (χ0n) is 10.4. The number of hydrogen-bond acceptors (Lipinski definition) is 2. The molecule has 1 aromatic rings. The van der Waals surface area contributed by atoms with Gasteiger partial charge in [-0.25, -0.2) is 4.98 Å². The lowest BCUT2D eigenvalue weighted by atomic mass is 10.00. The minimum absolute atomic E-state index is 0.0469. The molecule has 94 valence electrons. The van der Waals surface area contributed by atoms with Crippen molar-refractivity contribution in [1.82, 2.24) is 9.55 Å². The van der Waals surface area contributed by atoms with Crippen LogP contribution in [0.4, 0.5) is 0 Å². The van der Waals surface area contributed by atoms with Crippen molar-refractivity contribution in [1.29, 1.82) is 0 Å². The molecule has 3 heteroatoms. The van der Waals surface area contributed by atoms with Crippen molar-refractivity contribution in [3.05, 3.63) is 17.7 Å². The van der Waals surface area contributed by atoms with E-state index in [1.807, 2.05) is 6.33 Å². The van der Waals surface area contributed by atoms with E-state index >= 15 is 0 Å². The van der Waals surface area contributed by atoms with Gasteiger partial charge in [0.1, 0.15) is 0 Å². The molecule has 0 aromatic carbocycles. The second-order valence-electron chi connectivity index (χ2n) is 5.59. The van der Waals surface area contributed by atoms with Gasteiger partial charge in [0.25, 0.3) is 0 Å². The van der Waals surface area contributed by atoms with E-state index in [1.54, 1.807) is 0 Å². The highest BCUT2D eigenvalue weighted by Crippen LogP contribution is 2.29. The number of aliphatic hydroxyl groups is 1. The summed E-state index contributed by atoms with van der Waals surface area (Å²) in [6.45, 7) is 1.05. The Bertz CT molecular complexity index is 386. The first-order chi connectivity index (χ1) is 8.34. The summed E-state index contributed by atoms with van der Waals surface area (Å²) in [6, 6.07) is 0. The van der Waals surface area contributed by atoms with Crippen LogP contribution in [0.1, 0.15) is 49.9 Å². The fourth-order valence-electron chi connectivity index (χ4n) is 3.38. The molecule has 0 amide bonds. The molecule has 0 aliphatic heterocycles. The molecule has 17 heavy (non-hydrogen) atoms. The van der Waals surface area contributed by atoms with Gasteiger partial charge in [0.2, 0.25) is 0 Å². The van der Waals surface area contributed by atoms with E-state index in [2.05, 4.69) is 9.55 Å². The zero-order chi connectivity index (χ0) is 11.7. The summed E-state index contributed by atoms with van der Waals surface area (Å²) in [5.74, 6) is 0.525. The van der Waals surface area contributed by atoms with Gasteiger partial charge in [-0.1, -0.05) is 6.42 Å². The predicted octanol–water partition coefficient (Wildman–Crippen LogP) is 2.31. The Labute approximate surface area is 103 Å². The summed E-state index contributed by atoms with van der Waals surface area (Å²) >= 11 is 0. The Balaban J connectivity index is 1.63. The van der Waals surface area contributed by atoms with Crippen LogP contribution in [0.15, 0.2) is 6.33 Å². The van der Waals surface area contributed by atoms with Gasteiger partial charge in [-0.2, -0.15) is 0 Å². The summed E-state index contributed by atoms with van der Waals surface area (Å²) in [4.78, 5) is 4.52. The topological polar surface area (TPSA) is 38.0 Å². The molecular weight excluding hydrogens is 212 g/mol. The molecule has 2 unspecified atom stereocenters. The highest BCUT2D eigenvalue weighted by atomic mass is 16.3. The van der Waals surface area contributed by atoms with Gasteiger partial charge in [0.15, 0.2) is 0 Å². The third kappa shape index (κ3) is 2.25. The van der Waals surface area contributed by atoms with Crippen LogP contribution in [0.5, 0.6) is 0 Å². The smallest absolute Gasteiger partial charge is 0.0951 e. The summed E-state index contributed by atoms with van der Waals surface area (Å²) < 4.78 is 2.33. The summed E-state index contributed by atoms with van der Waals surface area (Å²) in [5.41, 5.74) is 2.78. The van der Waals surface area contributed by atoms with Gasteiger partial charge < -0.3 is 9.67 Å². The summed E-state index contributed by atoms with van der Waals surface area (Å²) in [5, 5.41) is 9.83. The lowest BCUT2D eigenvalue weighted by Crippen LogP contribution is -2.16. The fourth-order valence-corrected chi connectivity index (χ4v) is 3.38. The van der Waals surface area contributed by atoms with Crippen molar-refractivity contribution >= 4 is 0 Å². The first-order valence-electron chi connectivity index (χ1n) is 7.05. The van der Waals surface area contributed by atoms with Crippen LogP contribution in [0, 0.1) is 5.92 Å². The van der Waals surface area contributed by atoms with E-state index < -0.39 is 0 Å². The van der Waals surface area contributed by atoms with E-state index in [0.717, 1.165) is 25.8 Å². The minimum atomic E-state index is -0.0469. The average molecular weight is 234 g/mol. The lowest BCUT2D eigenvalue weighted by molar-refractivity contribution is 0.125. The van der Waals surface area contributed by atoms with Crippen molar-refractivity contribution in [3.8, 4) is 0 Å². The number of hydrogen-bond donors (Lipinski definition) is 1. The van der Waals surface area contributed by atoms with Crippen LogP contribution in [0.25, 0.3) is 0 Å². The maximum atomic E-state index is 9.83. The van der Waals surface area contributed by atoms with E-state index in [0.29, 0.717) is 5.92 Å². The molecule has 1 aromatic heterocycles. The highest BCUT2D eigenvalue weighted by molar-refractivity contribution is 5.16. The first kappa shape index (κ1) is 11.3. The van der Waals surface area contributed by atoms with Gasteiger partial charge in [-0.15, -0.1) is 0 Å². The zero-order valence-corrected chi connectivity index (χ0v) is 10.4. The van der Waals surface area contributed by atoms with Crippen molar-refractivity contribution < 1.29 is 5.11 Å². The molecule has 0 saturated heterocycles. The number of aromatic nitrogens is 2. The summed E-state index contributed by atoms with van der Waals surface area (Å²) in [7, 11) is 0. The average Bonchev–Trinajstić information content (AvgIpc) is 2.93. The van der Waals surface area contributed by atoms with Crippen LogP contribution in [-0.4, -0.2) is 20.8 Å². The molecular formula is C14H22N2O. The molecule has 3 rings (SSSR count). The Kier molecular flexibility index (Phi) is 3.19. The quantitative estimate of drug-likeness (QED) is 0.871. The normalized spacial score (nSPS) is 28.3. The third-order valence-electron chi connectivity index (χ3n) is 4.47. The molecule has 2 aliphatic carbocycles. The van der Waals surface area contributed by atoms with Gasteiger partial charge in [0, 0.05) is 12.2 Å².